The highest BCUT2D eigenvalue weighted by molar-refractivity contribution is 5.96. The van der Waals surface area contributed by atoms with Crippen LogP contribution in [0.3, 0.4) is 0 Å². The molecule has 0 amide bonds. The van der Waals surface area contributed by atoms with Gasteiger partial charge in [0.05, 0.1) is 48.5 Å². The molecule has 0 aromatic heterocycles. The molecule has 14 heteroatoms. The zero-order valence-corrected chi connectivity index (χ0v) is 23.0. The van der Waals surface area contributed by atoms with Crippen molar-refractivity contribution < 1.29 is 49.0 Å². The zero-order valence-electron chi connectivity index (χ0n) is 23.0. The number of nitrogens with zero attached hydrogens (tertiary/aromatic N) is 2. The van der Waals surface area contributed by atoms with Crippen molar-refractivity contribution in [3.05, 3.63) is 117 Å². The second kappa shape index (κ2) is 12.2. The monoisotopic (exact) mass is 629 g/mol. The van der Waals surface area contributed by atoms with Gasteiger partial charge in [-0.2, -0.15) is 39.5 Å². The van der Waals surface area contributed by atoms with Crippen LogP contribution in [-0.4, -0.2) is 23.9 Å². The van der Waals surface area contributed by atoms with Gasteiger partial charge in [0.1, 0.15) is 0 Å². The van der Waals surface area contributed by atoms with Crippen molar-refractivity contribution in [3.63, 3.8) is 0 Å². The molecule has 0 saturated heterocycles. The van der Waals surface area contributed by atoms with E-state index in [0.717, 1.165) is 55.6 Å². The molecule has 1 aliphatic heterocycles. The molecule has 0 saturated carbocycles. The normalized spacial score (nSPS) is 17.1. The molecule has 1 atom stereocenters. The summed E-state index contributed by atoms with van der Waals surface area (Å²) in [4.78, 5) is 18.8. The minimum absolute atomic E-state index is 0.0114. The van der Waals surface area contributed by atoms with E-state index in [1.54, 1.807) is 0 Å². The summed E-state index contributed by atoms with van der Waals surface area (Å²) in [6, 6.07) is 11.5. The first-order chi connectivity index (χ1) is 20.5. The lowest BCUT2D eigenvalue weighted by molar-refractivity contribution is -0.138. The van der Waals surface area contributed by atoms with Crippen molar-refractivity contribution in [3.8, 4) is 0 Å². The Hall–Kier alpha value is -4.49. The fraction of sp³-hybridized carbons (Fsp3) is 0.267. The lowest BCUT2D eigenvalue weighted by Crippen LogP contribution is -2.48. The molecule has 1 N–H and O–H groups in total. The van der Waals surface area contributed by atoms with Crippen molar-refractivity contribution >= 4 is 11.9 Å². The van der Waals surface area contributed by atoms with E-state index in [1.165, 1.54) is 36.1 Å². The highest BCUT2D eigenvalue weighted by atomic mass is 19.4. The number of hydrogen-bond acceptors (Lipinski definition) is 3. The number of carbonyl (C=O) groups excluding carboxylic acids is 1. The Kier molecular flexibility index (Phi) is 9.03. The molecule has 0 spiro atoms. The number of halogens is 9. The topological polar surface area (TPSA) is 53.9 Å². The number of benzene rings is 3. The fourth-order valence-corrected chi connectivity index (χ4v) is 4.60. The average Bonchev–Trinajstić information content (AvgIpc) is 2.96. The van der Waals surface area contributed by atoms with Gasteiger partial charge in [0, 0.05) is 5.70 Å². The van der Waals surface area contributed by atoms with Crippen LogP contribution in [0, 0.1) is 0 Å². The van der Waals surface area contributed by atoms with E-state index in [-0.39, 0.29) is 41.4 Å². The number of rotatable bonds is 6. The van der Waals surface area contributed by atoms with Gasteiger partial charge in [-0.25, -0.2) is 9.79 Å². The molecule has 0 radical (unpaired) electrons. The number of aliphatic imine (C=N–C) groups is 1. The molecule has 1 unspecified atom stereocenters. The van der Waals surface area contributed by atoms with E-state index >= 15 is 0 Å². The first kappa shape index (κ1) is 32.4. The van der Waals surface area contributed by atoms with Gasteiger partial charge in [-0.15, -0.1) is 0 Å². The Balaban J connectivity index is 1.80. The van der Waals surface area contributed by atoms with Crippen molar-refractivity contribution in [1.82, 2.24) is 10.2 Å². The van der Waals surface area contributed by atoms with Crippen molar-refractivity contribution in [2.45, 2.75) is 44.6 Å². The van der Waals surface area contributed by atoms with E-state index in [2.05, 4.69) is 10.3 Å². The molecule has 4 rings (SSSR count). The van der Waals surface area contributed by atoms with Gasteiger partial charge < -0.3 is 15.0 Å². The summed E-state index contributed by atoms with van der Waals surface area (Å²) in [7, 11) is 1.10. The van der Waals surface area contributed by atoms with E-state index in [0.29, 0.717) is 5.56 Å². The molecule has 0 fully saturated rings. The molecule has 3 aromatic rings. The predicted molar refractivity (Wildman–Crippen MR) is 142 cm³/mol. The molecular weight excluding hydrogens is 605 g/mol. The van der Waals surface area contributed by atoms with Gasteiger partial charge >= 0.3 is 24.5 Å². The Morgan fingerprint density at radius 1 is 0.795 bits per heavy atom. The summed E-state index contributed by atoms with van der Waals surface area (Å²) in [5.74, 6) is -0.840. The fourth-order valence-electron chi connectivity index (χ4n) is 4.60. The minimum atomic E-state index is -4.63. The smallest absolute Gasteiger partial charge is 0.416 e. The summed E-state index contributed by atoms with van der Waals surface area (Å²) >= 11 is 0. The van der Waals surface area contributed by atoms with Crippen molar-refractivity contribution in [2.24, 2.45) is 4.99 Å². The van der Waals surface area contributed by atoms with Crippen LogP contribution in [0.15, 0.2) is 89.1 Å². The van der Waals surface area contributed by atoms with Gasteiger partial charge in [0.15, 0.2) is 5.96 Å². The molecule has 44 heavy (non-hydrogen) atoms. The Morgan fingerprint density at radius 2 is 1.34 bits per heavy atom. The number of allylic oxidation sites excluding steroid dienone is 1. The van der Waals surface area contributed by atoms with E-state index < -0.39 is 47.2 Å². The van der Waals surface area contributed by atoms with Crippen LogP contribution >= 0.6 is 0 Å². The van der Waals surface area contributed by atoms with Crippen LogP contribution < -0.4 is 5.32 Å². The third-order valence-electron chi connectivity index (χ3n) is 6.88. The summed E-state index contributed by atoms with van der Waals surface area (Å²) in [6.07, 6.45) is -13.8. The lowest BCUT2D eigenvalue weighted by atomic mass is 9.93. The van der Waals surface area contributed by atoms with Crippen molar-refractivity contribution in [1.29, 1.82) is 0 Å². The SMILES string of the molecule is COC(=O)C1=C(C)N(Cc2cccc(C(F)(F)F)c2)C(=NCc2ccc(C(F)(F)F)cc2)NC1c1ccc(C(F)(F)F)cc1. The van der Waals surface area contributed by atoms with Gasteiger partial charge in [0.2, 0.25) is 0 Å². The summed E-state index contributed by atoms with van der Waals surface area (Å²) < 4.78 is 124. The predicted octanol–water partition coefficient (Wildman–Crippen LogP) is 7.89. The molecule has 234 valence electrons. The molecule has 1 aliphatic rings. The number of carbonyl (C=O) groups is 1. The van der Waals surface area contributed by atoms with Crippen LogP contribution in [-0.2, 0) is 41.1 Å². The van der Waals surface area contributed by atoms with E-state index in [4.69, 9.17) is 4.74 Å². The molecule has 0 bridgehead atoms. The number of guanidine groups is 1. The number of esters is 1. The maximum Gasteiger partial charge on any atom is 0.416 e. The largest absolute Gasteiger partial charge is 0.466 e. The van der Waals surface area contributed by atoms with Gasteiger partial charge in [-0.1, -0.05) is 36.4 Å². The average molecular weight is 630 g/mol. The highest BCUT2D eigenvalue weighted by Gasteiger charge is 2.37. The number of hydrogen-bond donors (Lipinski definition) is 1. The summed E-state index contributed by atoms with van der Waals surface area (Å²) in [5.41, 5.74) is -1.81. The molecule has 3 aromatic carbocycles. The van der Waals surface area contributed by atoms with Crippen LogP contribution in [0.1, 0.15) is 46.3 Å². The van der Waals surface area contributed by atoms with Gasteiger partial charge in [-0.05, 0) is 60.0 Å². The quantitative estimate of drug-likeness (QED) is 0.223. The molecular formula is C30H24F9N3O2. The van der Waals surface area contributed by atoms with E-state index in [9.17, 15) is 44.3 Å². The maximum atomic E-state index is 13.4. The Labute approximate surface area is 245 Å². The number of methoxy groups -OCH3 is 1. The third-order valence-corrected chi connectivity index (χ3v) is 6.88. The highest BCUT2D eigenvalue weighted by Crippen LogP contribution is 2.36. The van der Waals surface area contributed by atoms with Crippen LogP contribution in [0.25, 0.3) is 0 Å². The Bertz CT molecular complexity index is 1560. The molecule has 0 aliphatic carbocycles. The summed E-state index contributed by atoms with van der Waals surface area (Å²) in [6.45, 7) is 1.07. The molecule has 5 nitrogen and oxygen atoms in total. The molecule has 1 heterocycles. The second-order valence-corrected chi connectivity index (χ2v) is 9.81. The number of alkyl halides is 9. The lowest BCUT2D eigenvalue weighted by Gasteiger charge is -2.38. The number of ether oxygens (including phenoxy) is 1. The maximum absolute atomic E-state index is 13.4. The van der Waals surface area contributed by atoms with E-state index in [1.807, 2.05) is 0 Å². The first-order valence-corrected chi connectivity index (χ1v) is 12.9. The standard InChI is InChI=1S/C30H24F9N3O2/c1-17-24(26(43)44-2)25(20-8-12-22(13-9-20)29(34,35)36)41-27(40-15-18-6-10-21(11-7-18)28(31,32)33)42(17)16-19-4-3-5-23(14-19)30(37,38)39/h3-14,25H,15-16H2,1-2H3,(H,40,41). The minimum Gasteiger partial charge on any atom is -0.466 e. The van der Waals surface area contributed by atoms with Crippen LogP contribution in [0.4, 0.5) is 39.5 Å². The van der Waals surface area contributed by atoms with Gasteiger partial charge in [-0.3, -0.25) is 0 Å². The van der Waals surface area contributed by atoms with Gasteiger partial charge in [0.25, 0.3) is 0 Å². The summed E-state index contributed by atoms with van der Waals surface area (Å²) in [5, 5.41) is 2.98. The van der Waals surface area contributed by atoms with Crippen molar-refractivity contribution in [2.75, 3.05) is 7.11 Å². The first-order valence-electron chi connectivity index (χ1n) is 12.9. The Morgan fingerprint density at radius 3 is 1.86 bits per heavy atom. The number of nitrogens with one attached hydrogen (secondary N) is 1. The second-order valence-electron chi connectivity index (χ2n) is 9.81. The zero-order chi connectivity index (χ0) is 32.4. The third kappa shape index (κ3) is 7.34. The van der Waals surface area contributed by atoms with Crippen LogP contribution in [0.5, 0.6) is 0 Å². The van der Waals surface area contributed by atoms with Crippen LogP contribution in [0.2, 0.25) is 0 Å².